The molecular formula is C82H87N11O19S2. The molecule has 32 heteroatoms. The lowest BCUT2D eigenvalue weighted by molar-refractivity contribution is -0.205. The first-order valence-electron chi connectivity index (χ1n) is 38.5. The average Bonchev–Trinajstić information content (AvgIpc) is 1.58. The fraction of sp³-hybridized carbons (Fsp3) is 0.415. The normalized spacial score (nSPS) is 21.5. The smallest absolute Gasteiger partial charge is 0.441 e. The molecule has 4 aromatic heterocycles. The van der Waals surface area contributed by atoms with Crippen molar-refractivity contribution in [2.75, 3.05) is 11.5 Å². The minimum Gasteiger partial charge on any atom is -0.441 e. The van der Waals surface area contributed by atoms with Gasteiger partial charge in [0.2, 0.25) is 11.8 Å². The highest BCUT2D eigenvalue weighted by molar-refractivity contribution is 8.00. The topological polar surface area (TPSA) is 375 Å². The number of nitrogens with one attached hydrogen (secondary N) is 3. The SMILES string of the molecule is CC1(C(=O)ON2C(=O)CCC2=O)CC/C=C/C(OC(=O)ON2C(=O)CCC2=O)CC1.CC1(C(=O)ON2C(=O)CCC2=O)CC/C=C/C(OC(=O)n2c3ccccc3c3nc(SCC(=O)NC4CCCCC4)n(-c4ccccc4)c(=O)c32)CC1.O=C(CSc1nc2c([nH]c3ccccc32)c(=O)n1-c1ccccc1)NC1CCCCC1. The summed E-state index contributed by atoms with van der Waals surface area (Å²) in [5, 5.41) is 10.0. The summed E-state index contributed by atoms with van der Waals surface area (Å²) in [4.78, 5) is 204. The summed E-state index contributed by atoms with van der Waals surface area (Å²) >= 11 is 2.47. The van der Waals surface area contributed by atoms with Crippen molar-refractivity contribution in [2.24, 2.45) is 10.8 Å². The number of aromatic amines is 1. The molecule has 2 saturated carbocycles. The van der Waals surface area contributed by atoms with Gasteiger partial charge >= 0.3 is 24.2 Å². The van der Waals surface area contributed by atoms with E-state index >= 15 is 0 Å². The molecule has 0 spiro atoms. The van der Waals surface area contributed by atoms with Crippen LogP contribution in [-0.4, -0.2) is 151 Å². The van der Waals surface area contributed by atoms with E-state index in [1.807, 2.05) is 66.7 Å². The molecule has 8 aromatic rings. The standard InChI is InChI=1S/C39H41N5O8S.C24H24N4O2S.C19H22N2O9/c1-39(36(49)52-44-31(46)19-20-32(44)47)22-11-10-16-27(21-23-39)51-38(50)43-29-18-9-8-17-28(29)33-34(43)35(48)42(26-14-6-3-7-15-26)37(41-33)53-24-30(45)40-25-12-4-2-5-13-25;29-20(25-16-9-3-1-4-10-16)15-31-24-27-21-18-13-7-8-14-19(18)26-22(21)23(30)28(24)17-11-5-2-6-12-17;1-19(17(26)29-20-13(22)5-6-14(20)23)10-3-2-4-12(9-11-19)28-18(27)30-21-15(24)7-8-16(21)25/h3,6-10,14-18,25,27H,2,4-5,11-13,19-24H2,1H3,(H,40,45);2,5-8,11-14,16,26H,1,3-4,9-10,15H2,(H,25,29);2,4,12H,3,5-11H2,1H3/b16-10+;;4-2+. The number of hydroxylamine groups is 6. The number of benzene rings is 4. The number of carbonyl (C=O) groups is 12. The zero-order valence-electron chi connectivity index (χ0n) is 63.0. The van der Waals surface area contributed by atoms with Gasteiger partial charge in [0.25, 0.3) is 46.6 Å². The number of H-pyrrole nitrogens is 1. The minimum atomic E-state index is -1.20. The maximum absolute atomic E-state index is 14.6. The molecule has 8 amide bonds. The largest absolute Gasteiger partial charge is 0.534 e. The summed E-state index contributed by atoms with van der Waals surface area (Å²) in [6.45, 7) is 3.36. The first-order chi connectivity index (χ1) is 55.0. The molecule has 4 unspecified atom stereocenters. The lowest BCUT2D eigenvalue weighted by Gasteiger charge is -2.30. The number of aromatic nitrogens is 6. The van der Waals surface area contributed by atoms with Crippen molar-refractivity contribution in [3.63, 3.8) is 0 Å². The first kappa shape index (κ1) is 80.5. The van der Waals surface area contributed by atoms with Gasteiger partial charge in [-0.3, -0.25) is 61.9 Å². The van der Waals surface area contributed by atoms with Gasteiger partial charge < -0.3 is 34.8 Å². The molecule has 596 valence electrons. The van der Waals surface area contributed by atoms with Gasteiger partial charge in [0.05, 0.1) is 39.2 Å². The number of hydrogen-bond acceptors (Lipinski definition) is 23. The van der Waals surface area contributed by atoms with E-state index in [1.54, 1.807) is 85.2 Å². The summed E-state index contributed by atoms with van der Waals surface area (Å²) in [5.41, 5.74) is 1.27. The molecule has 4 aromatic carbocycles. The number of para-hydroxylation sites is 4. The fourth-order valence-electron chi connectivity index (χ4n) is 14.9. The number of nitrogens with zero attached hydrogens (tertiary/aromatic N) is 8. The third kappa shape index (κ3) is 18.5. The Morgan fingerprint density at radius 1 is 0.474 bits per heavy atom. The second-order valence-corrected chi connectivity index (χ2v) is 31.5. The predicted molar refractivity (Wildman–Crippen MR) is 417 cm³/mol. The maximum atomic E-state index is 14.6. The first-order valence-corrected chi connectivity index (χ1v) is 40.5. The predicted octanol–water partition coefficient (Wildman–Crippen LogP) is 11.7. The average molecular weight is 1590 g/mol. The van der Waals surface area contributed by atoms with Gasteiger partial charge in [0.1, 0.15) is 34.3 Å². The highest BCUT2D eigenvalue weighted by Crippen LogP contribution is 2.39. The number of fused-ring (bicyclic) bond motifs is 6. The molecule has 3 saturated heterocycles. The van der Waals surface area contributed by atoms with Crippen LogP contribution in [0.2, 0.25) is 0 Å². The second kappa shape index (κ2) is 36.1. The highest BCUT2D eigenvalue weighted by Gasteiger charge is 2.44. The second-order valence-electron chi connectivity index (χ2n) is 29.6. The van der Waals surface area contributed by atoms with Crippen molar-refractivity contribution >= 4 is 139 Å². The van der Waals surface area contributed by atoms with Crippen LogP contribution in [-0.2, 0) is 71.9 Å². The summed E-state index contributed by atoms with van der Waals surface area (Å²) in [5.74, 6) is -4.72. The molecule has 3 aliphatic heterocycles. The van der Waals surface area contributed by atoms with Crippen LogP contribution in [0.25, 0.3) is 55.2 Å². The Labute approximate surface area is 661 Å². The molecule has 0 bridgehead atoms. The molecule has 0 radical (unpaired) electrons. The fourth-order valence-corrected chi connectivity index (χ4v) is 16.6. The number of amides is 8. The monoisotopic (exact) mass is 1590 g/mol. The molecule has 15 rings (SSSR count). The number of ether oxygens (including phenoxy) is 2. The molecule has 5 fully saturated rings. The third-order valence-electron chi connectivity index (χ3n) is 21.4. The molecule has 4 aliphatic carbocycles. The molecule has 7 aliphatic rings. The van der Waals surface area contributed by atoms with Crippen LogP contribution in [0.1, 0.15) is 168 Å². The highest BCUT2D eigenvalue weighted by atomic mass is 32.2. The molecule has 7 heterocycles. The van der Waals surface area contributed by atoms with Crippen molar-refractivity contribution in [2.45, 2.75) is 203 Å². The Morgan fingerprint density at radius 3 is 1.39 bits per heavy atom. The molecule has 3 N–H and O–H groups in total. The lowest BCUT2D eigenvalue weighted by atomic mass is 9.79. The van der Waals surface area contributed by atoms with Crippen molar-refractivity contribution in [3.05, 3.63) is 154 Å². The van der Waals surface area contributed by atoms with Crippen LogP contribution < -0.4 is 21.8 Å². The molecule has 114 heavy (non-hydrogen) atoms. The molecular weight excluding hydrogens is 1510 g/mol. The lowest BCUT2D eigenvalue weighted by Crippen LogP contribution is -2.40. The van der Waals surface area contributed by atoms with E-state index in [2.05, 4.69) is 20.5 Å². The van der Waals surface area contributed by atoms with Crippen LogP contribution in [0.4, 0.5) is 9.59 Å². The van der Waals surface area contributed by atoms with E-state index in [-0.39, 0.29) is 111 Å². The number of carbonyl (C=O) groups excluding carboxylic acids is 12. The van der Waals surface area contributed by atoms with Gasteiger partial charge in [0, 0.05) is 66.9 Å². The number of rotatable bonds is 17. The third-order valence-corrected chi connectivity index (χ3v) is 23.2. The quantitative estimate of drug-likeness (QED) is 0.0250. The zero-order chi connectivity index (χ0) is 80.2. The van der Waals surface area contributed by atoms with Crippen LogP contribution in [0.5, 0.6) is 0 Å². The van der Waals surface area contributed by atoms with E-state index in [0.717, 1.165) is 55.1 Å². The van der Waals surface area contributed by atoms with Gasteiger partial charge in [-0.05, 0) is 139 Å². The van der Waals surface area contributed by atoms with Crippen molar-refractivity contribution in [1.82, 2.24) is 54.5 Å². The van der Waals surface area contributed by atoms with Gasteiger partial charge in [-0.25, -0.2) is 33.7 Å². The van der Waals surface area contributed by atoms with E-state index in [0.29, 0.717) is 84.3 Å². The van der Waals surface area contributed by atoms with Crippen LogP contribution in [0.15, 0.2) is 153 Å². The summed E-state index contributed by atoms with van der Waals surface area (Å²) in [6.07, 6.45) is 17.0. The van der Waals surface area contributed by atoms with Gasteiger partial charge in [-0.2, -0.15) is 0 Å². The Balaban J connectivity index is 0.000000159. The molecule has 30 nitrogen and oxygen atoms in total. The van der Waals surface area contributed by atoms with E-state index in [4.69, 9.17) is 29.1 Å². The number of hydrogen-bond donors (Lipinski definition) is 3. The van der Waals surface area contributed by atoms with E-state index in [9.17, 15) is 67.1 Å². The van der Waals surface area contributed by atoms with Gasteiger partial charge in [-0.1, -0.05) is 152 Å². The Hall–Kier alpha value is -11.5. The number of imide groups is 3. The van der Waals surface area contributed by atoms with Crippen LogP contribution >= 0.6 is 23.5 Å². The Bertz CT molecular complexity index is 5210. The maximum Gasteiger partial charge on any atom is 0.534 e. The van der Waals surface area contributed by atoms with Crippen LogP contribution in [0.3, 0.4) is 0 Å². The zero-order valence-corrected chi connectivity index (χ0v) is 64.7. The van der Waals surface area contributed by atoms with Gasteiger partial charge in [0.15, 0.2) is 10.3 Å². The van der Waals surface area contributed by atoms with Crippen molar-refractivity contribution < 1.29 is 81.5 Å². The van der Waals surface area contributed by atoms with Crippen molar-refractivity contribution in [1.29, 1.82) is 0 Å². The minimum absolute atomic E-state index is 0.00399. The van der Waals surface area contributed by atoms with E-state index < -0.39 is 88.2 Å². The van der Waals surface area contributed by atoms with Gasteiger partial charge in [-0.15, -0.1) is 10.1 Å². The van der Waals surface area contributed by atoms with Crippen LogP contribution in [0, 0.1) is 10.8 Å². The summed E-state index contributed by atoms with van der Waals surface area (Å²) in [6, 6.07) is 33.6. The molecule has 4 atom stereocenters. The van der Waals surface area contributed by atoms with Crippen molar-refractivity contribution in [3.8, 4) is 11.4 Å². The Morgan fingerprint density at radius 2 is 0.895 bits per heavy atom. The number of allylic oxidation sites excluding steroid dienone is 2. The summed E-state index contributed by atoms with van der Waals surface area (Å²) in [7, 11) is 0. The van der Waals surface area contributed by atoms with E-state index in [1.165, 1.54) is 58.3 Å². The summed E-state index contributed by atoms with van der Waals surface area (Å²) < 4.78 is 15.5. The Kier molecular flexibility index (Phi) is 25.5. The number of thioether (sulfide) groups is 2.